The number of hydrogen-bond donors (Lipinski definition) is 0. The zero-order valence-electron chi connectivity index (χ0n) is 12.5. The van der Waals surface area contributed by atoms with Crippen molar-refractivity contribution < 1.29 is 0 Å². The van der Waals surface area contributed by atoms with Crippen molar-refractivity contribution in [2.75, 3.05) is 14.1 Å². The van der Waals surface area contributed by atoms with Gasteiger partial charge in [-0.3, -0.25) is 9.98 Å². The smallest absolute Gasteiger partial charge is 0.0901 e. The molecule has 0 aliphatic rings. The van der Waals surface area contributed by atoms with E-state index in [0.717, 1.165) is 22.6 Å². The maximum absolute atomic E-state index is 4.44. The first-order chi connectivity index (χ1) is 9.65. The molecule has 0 aliphatic carbocycles. The molecule has 0 saturated heterocycles. The van der Waals surface area contributed by atoms with Gasteiger partial charge < -0.3 is 0 Å². The predicted octanol–water partition coefficient (Wildman–Crippen LogP) is 3.84. The van der Waals surface area contributed by atoms with E-state index in [9.17, 15) is 0 Å². The Bertz CT molecular complexity index is 573. The fourth-order valence-corrected chi connectivity index (χ4v) is 2.17. The van der Waals surface area contributed by atoms with Crippen LogP contribution in [0.2, 0.25) is 0 Å². The molecule has 0 N–H and O–H groups in total. The van der Waals surface area contributed by atoms with Crippen molar-refractivity contribution in [1.29, 1.82) is 0 Å². The number of nitrogens with zero attached hydrogens (tertiary/aromatic N) is 2. The summed E-state index contributed by atoms with van der Waals surface area (Å²) >= 11 is 0. The first-order valence-corrected chi connectivity index (χ1v) is 6.73. The lowest BCUT2D eigenvalue weighted by Crippen LogP contribution is -2.17. The molecule has 2 nitrogen and oxygen atoms in total. The highest BCUT2D eigenvalue weighted by Crippen LogP contribution is 2.12. The van der Waals surface area contributed by atoms with Crippen molar-refractivity contribution in [3.63, 3.8) is 0 Å². The van der Waals surface area contributed by atoms with Gasteiger partial charge in [0.15, 0.2) is 0 Å². The van der Waals surface area contributed by atoms with Gasteiger partial charge in [-0.1, -0.05) is 59.7 Å². The number of rotatable bonds is 3. The second-order valence-electron chi connectivity index (χ2n) is 4.88. The van der Waals surface area contributed by atoms with Crippen LogP contribution in [0.3, 0.4) is 0 Å². The maximum Gasteiger partial charge on any atom is 0.0901 e. The molecule has 0 amide bonds. The molecule has 2 aromatic carbocycles. The summed E-state index contributed by atoms with van der Waals surface area (Å²) in [5.74, 6) is 0. The largest absolute Gasteiger partial charge is 0.286 e. The molecule has 102 valence electrons. The van der Waals surface area contributed by atoms with Crippen molar-refractivity contribution in [3.05, 3.63) is 70.8 Å². The molecule has 0 atom stereocenters. The molecule has 20 heavy (non-hydrogen) atoms. The Balaban J connectivity index is 2.44. The summed E-state index contributed by atoms with van der Waals surface area (Å²) in [6, 6.07) is 16.8. The molecular weight excluding hydrogens is 244 g/mol. The van der Waals surface area contributed by atoms with Gasteiger partial charge in [-0.05, 0) is 13.8 Å². The molecule has 2 rings (SSSR count). The molecule has 0 saturated carbocycles. The molecule has 0 radical (unpaired) electrons. The van der Waals surface area contributed by atoms with Crippen molar-refractivity contribution in [1.82, 2.24) is 0 Å². The molecule has 0 heterocycles. The molecule has 0 aromatic heterocycles. The summed E-state index contributed by atoms with van der Waals surface area (Å²) < 4.78 is 0. The minimum Gasteiger partial charge on any atom is -0.286 e. The van der Waals surface area contributed by atoms with E-state index in [1.54, 1.807) is 0 Å². The van der Waals surface area contributed by atoms with Crippen molar-refractivity contribution in [2.45, 2.75) is 13.8 Å². The number of aliphatic imine (C=N–C) groups is 2. The summed E-state index contributed by atoms with van der Waals surface area (Å²) in [6.45, 7) is 4.17. The van der Waals surface area contributed by atoms with Gasteiger partial charge in [-0.2, -0.15) is 0 Å². The molecule has 2 heteroatoms. The van der Waals surface area contributed by atoms with Gasteiger partial charge in [0, 0.05) is 25.2 Å². The van der Waals surface area contributed by atoms with Gasteiger partial charge in [0.05, 0.1) is 11.4 Å². The van der Waals surface area contributed by atoms with E-state index in [4.69, 9.17) is 0 Å². The van der Waals surface area contributed by atoms with Gasteiger partial charge in [-0.25, -0.2) is 0 Å². The highest BCUT2D eigenvalue weighted by molar-refractivity contribution is 6.53. The van der Waals surface area contributed by atoms with Gasteiger partial charge in [0.2, 0.25) is 0 Å². The Labute approximate surface area is 120 Å². The van der Waals surface area contributed by atoms with Crippen LogP contribution >= 0.6 is 0 Å². The predicted molar refractivity (Wildman–Crippen MR) is 87.3 cm³/mol. The molecule has 0 unspecified atom stereocenters. The van der Waals surface area contributed by atoms with Crippen LogP contribution in [0.25, 0.3) is 0 Å². The van der Waals surface area contributed by atoms with E-state index in [1.807, 2.05) is 14.1 Å². The zero-order chi connectivity index (χ0) is 14.5. The normalized spacial score (nSPS) is 12.6. The lowest BCUT2D eigenvalue weighted by Gasteiger charge is -2.10. The Morgan fingerprint density at radius 1 is 0.600 bits per heavy atom. The van der Waals surface area contributed by atoms with Gasteiger partial charge >= 0.3 is 0 Å². The third kappa shape index (κ3) is 3.02. The van der Waals surface area contributed by atoms with Crippen LogP contribution in [0, 0.1) is 13.8 Å². The maximum atomic E-state index is 4.44. The summed E-state index contributed by atoms with van der Waals surface area (Å²) in [6.07, 6.45) is 0. The van der Waals surface area contributed by atoms with Crippen molar-refractivity contribution in [2.24, 2.45) is 9.98 Å². The second kappa shape index (κ2) is 6.29. The molecule has 0 bridgehead atoms. The monoisotopic (exact) mass is 264 g/mol. The standard InChI is InChI=1S/C18H20N2/c1-13-5-9-15(10-6-13)17(19-3)18(20-4)16-11-7-14(2)8-12-16/h5-12H,1-4H3/b19-17-,20-18-. The van der Waals surface area contributed by atoms with Crippen molar-refractivity contribution >= 4 is 11.4 Å². The third-order valence-corrected chi connectivity index (χ3v) is 3.32. The first-order valence-electron chi connectivity index (χ1n) is 6.73. The van der Waals surface area contributed by atoms with Crippen molar-refractivity contribution in [3.8, 4) is 0 Å². The third-order valence-electron chi connectivity index (χ3n) is 3.32. The van der Waals surface area contributed by atoms with Crippen LogP contribution in [0.15, 0.2) is 58.5 Å². The minimum atomic E-state index is 0.927. The van der Waals surface area contributed by atoms with E-state index < -0.39 is 0 Å². The Morgan fingerprint density at radius 3 is 1.15 bits per heavy atom. The average Bonchev–Trinajstić information content (AvgIpc) is 2.47. The molecule has 0 spiro atoms. The Kier molecular flexibility index (Phi) is 4.46. The van der Waals surface area contributed by atoms with E-state index in [0.29, 0.717) is 0 Å². The van der Waals surface area contributed by atoms with Crippen LogP contribution in [-0.2, 0) is 0 Å². The number of benzene rings is 2. The van der Waals surface area contributed by atoms with Gasteiger partial charge in [-0.15, -0.1) is 0 Å². The molecule has 2 aromatic rings. The van der Waals surface area contributed by atoms with E-state index in [2.05, 4.69) is 72.4 Å². The first kappa shape index (κ1) is 14.2. The molecule has 0 aliphatic heterocycles. The van der Waals surface area contributed by atoms with Gasteiger partial charge in [0.1, 0.15) is 0 Å². The molecule has 0 fully saturated rings. The minimum absolute atomic E-state index is 0.927. The van der Waals surface area contributed by atoms with E-state index in [-0.39, 0.29) is 0 Å². The SMILES string of the molecule is C/N=C(\C(=N/C)c1ccc(C)cc1)c1ccc(C)cc1. The van der Waals surface area contributed by atoms with E-state index >= 15 is 0 Å². The van der Waals surface area contributed by atoms with Gasteiger partial charge in [0.25, 0.3) is 0 Å². The van der Waals surface area contributed by atoms with Crippen LogP contribution < -0.4 is 0 Å². The lowest BCUT2D eigenvalue weighted by molar-refractivity contribution is 1.39. The van der Waals surface area contributed by atoms with Crippen LogP contribution in [0.5, 0.6) is 0 Å². The second-order valence-corrected chi connectivity index (χ2v) is 4.88. The number of hydrogen-bond acceptors (Lipinski definition) is 2. The summed E-state index contributed by atoms with van der Waals surface area (Å²) in [7, 11) is 3.63. The Hall–Kier alpha value is -2.22. The average molecular weight is 264 g/mol. The fourth-order valence-electron chi connectivity index (χ4n) is 2.17. The zero-order valence-corrected chi connectivity index (χ0v) is 12.5. The summed E-state index contributed by atoms with van der Waals surface area (Å²) in [5.41, 5.74) is 6.54. The van der Waals surface area contributed by atoms with Crippen LogP contribution in [0.4, 0.5) is 0 Å². The topological polar surface area (TPSA) is 24.7 Å². The quantitative estimate of drug-likeness (QED) is 0.752. The van der Waals surface area contributed by atoms with Crippen LogP contribution in [0.1, 0.15) is 22.3 Å². The molecular formula is C18H20N2. The Morgan fingerprint density at radius 2 is 0.900 bits per heavy atom. The summed E-state index contributed by atoms with van der Waals surface area (Å²) in [5, 5.41) is 0. The lowest BCUT2D eigenvalue weighted by atomic mass is 9.98. The fraction of sp³-hybridized carbons (Fsp3) is 0.222. The summed E-state index contributed by atoms with van der Waals surface area (Å²) in [4.78, 5) is 8.89. The number of aryl methyl sites for hydroxylation is 2. The highest BCUT2D eigenvalue weighted by Gasteiger charge is 2.12. The highest BCUT2D eigenvalue weighted by atomic mass is 14.8. The van der Waals surface area contributed by atoms with Crippen LogP contribution in [-0.4, -0.2) is 25.5 Å². The van der Waals surface area contributed by atoms with E-state index in [1.165, 1.54) is 11.1 Å².